The van der Waals surface area contributed by atoms with Crippen LogP contribution in [0.4, 0.5) is 0 Å². The summed E-state index contributed by atoms with van der Waals surface area (Å²) < 4.78 is 5.72. The molecule has 1 fully saturated rings. The fourth-order valence-electron chi connectivity index (χ4n) is 1.75. The first kappa shape index (κ1) is 12.5. The molecule has 3 heteroatoms. The van der Waals surface area contributed by atoms with E-state index in [0.717, 1.165) is 12.8 Å². The Kier molecular flexibility index (Phi) is 4.61. The average molecular weight is 214 g/mol. The summed E-state index contributed by atoms with van der Waals surface area (Å²) in [6.07, 6.45) is 6.03. The summed E-state index contributed by atoms with van der Waals surface area (Å²) in [5, 5.41) is 18.4. The summed E-state index contributed by atoms with van der Waals surface area (Å²) in [7, 11) is 0. The predicted molar refractivity (Wildman–Crippen MR) is 59.4 cm³/mol. The molecule has 0 aliphatic heterocycles. The van der Waals surface area contributed by atoms with Crippen molar-refractivity contribution in [3.05, 3.63) is 12.3 Å². The lowest BCUT2D eigenvalue weighted by Gasteiger charge is -2.32. The van der Waals surface area contributed by atoms with Gasteiger partial charge < -0.3 is 14.9 Å². The van der Waals surface area contributed by atoms with E-state index in [1.165, 1.54) is 19.3 Å². The van der Waals surface area contributed by atoms with Crippen molar-refractivity contribution in [1.82, 2.24) is 0 Å². The maximum Gasteiger partial charge on any atom is 0.0997 e. The molecule has 3 nitrogen and oxygen atoms in total. The van der Waals surface area contributed by atoms with E-state index in [1.807, 2.05) is 0 Å². The standard InChI is InChI=1S/C12H22O3/c1-10(12(2,8-13)9-14)15-11-6-4-3-5-7-11/h11,13-14H,1,3-9H2,2H3. The zero-order valence-corrected chi connectivity index (χ0v) is 9.54. The van der Waals surface area contributed by atoms with Gasteiger partial charge in [0.25, 0.3) is 0 Å². The third-order valence-electron chi connectivity index (χ3n) is 3.23. The third-order valence-corrected chi connectivity index (χ3v) is 3.23. The molecule has 0 saturated heterocycles. The fourth-order valence-corrected chi connectivity index (χ4v) is 1.75. The highest BCUT2D eigenvalue weighted by Crippen LogP contribution is 2.30. The minimum Gasteiger partial charge on any atom is -0.495 e. The topological polar surface area (TPSA) is 49.7 Å². The molecule has 88 valence electrons. The maximum absolute atomic E-state index is 9.18. The number of aliphatic hydroxyl groups excluding tert-OH is 2. The Morgan fingerprint density at radius 2 is 1.80 bits per heavy atom. The van der Waals surface area contributed by atoms with Crippen molar-refractivity contribution in [3.8, 4) is 0 Å². The van der Waals surface area contributed by atoms with Gasteiger partial charge in [-0.25, -0.2) is 0 Å². The van der Waals surface area contributed by atoms with Gasteiger partial charge in [-0.3, -0.25) is 0 Å². The molecule has 0 atom stereocenters. The molecule has 0 heterocycles. The van der Waals surface area contributed by atoms with Crippen LogP contribution in [0.1, 0.15) is 39.0 Å². The van der Waals surface area contributed by atoms with E-state index in [1.54, 1.807) is 6.92 Å². The predicted octanol–water partition coefficient (Wildman–Crippen LogP) is 1.84. The summed E-state index contributed by atoms with van der Waals surface area (Å²) in [5.74, 6) is 0.513. The van der Waals surface area contributed by atoms with Gasteiger partial charge in [-0.15, -0.1) is 0 Å². The highest BCUT2D eigenvalue weighted by Gasteiger charge is 2.30. The Morgan fingerprint density at radius 1 is 1.27 bits per heavy atom. The van der Waals surface area contributed by atoms with Crippen LogP contribution < -0.4 is 0 Å². The molecule has 2 N–H and O–H groups in total. The van der Waals surface area contributed by atoms with Gasteiger partial charge >= 0.3 is 0 Å². The maximum atomic E-state index is 9.18. The van der Waals surface area contributed by atoms with Crippen molar-refractivity contribution in [3.63, 3.8) is 0 Å². The summed E-state index contributed by atoms with van der Waals surface area (Å²) in [5.41, 5.74) is -0.711. The van der Waals surface area contributed by atoms with Crippen LogP contribution in [0.25, 0.3) is 0 Å². The Morgan fingerprint density at radius 3 is 2.27 bits per heavy atom. The molecule has 0 aromatic carbocycles. The van der Waals surface area contributed by atoms with Gasteiger partial charge in [0.05, 0.1) is 30.5 Å². The van der Waals surface area contributed by atoms with Crippen LogP contribution in [0, 0.1) is 5.41 Å². The summed E-state index contributed by atoms with van der Waals surface area (Å²) >= 11 is 0. The highest BCUT2D eigenvalue weighted by molar-refractivity contribution is 5.02. The van der Waals surface area contributed by atoms with E-state index in [4.69, 9.17) is 4.74 Å². The molecule has 1 saturated carbocycles. The van der Waals surface area contributed by atoms with E-state index in [0.29, 0.717) is 5.76 Å². The first-order valence-corrected chi connectivity index (χ1v) is 5.70. The fraction of sp³-hybridized carbons (Fsp3) is 0.833. The van der Waals surface area contributed by atoms with Crippen LogP contribution in [0.5, 0.6) is 0 Å². The van der Waals surface area contributed by atoms with Gasteiger partial charge in [-0.1, -0.05) is 13.0 Å². The van der Waals surface area contributed by atoms with Crippen LogP contribution in [-0.2, 0) is 4.74 Å². The lowest BCUT2D eigenvalue weighted by atomic mass is 9.90. The van der Waals surface area contributed by atoms with E-state index in [-0.39, 0.29) is 19.3 Å². The number of hydrogen-bond donors (Lipinski definition) is 2. The van der Waals surface area contributed by atoms with Crippen molar-refractivity contribution >= 4 is 0 Å². The normalized spacial score (nSPS) is 18.9. The van der Waals surface area contributed by atoms with Crippen molar-refractivity contribution in [2.24, 2.45) is 5.41 Å². The first-order valence-electron chi connectivity index (χ1n) is 5.70. The highest BCUT2D eigenvalue weighted by atomic mass is 16.5. The largest absolute Gasteiger partial charge is 0.495 e. The van der Waals surface area contributed by atoms with Crippen LogP contribution in [0.2, 0.25) is 0 Å². The first-order chi connectivity index (χ1) is 7.12. The van der Waals surface area contributed by atoms with Crippen LogP contribution in [0.3, 0.4) is 0 Å². The number of rotatable bonds is 5. The Hall–Kier alpha value is -0.540. The monoisotopic (exact) mass is 214 g/mol. The Balaban J connectivity index is 2.45. The molecule has 0 unspecified atom stereocenters. The smallest absolute Gasteiger partial charge is 0.0997 e. The lowest BCUT2D eigenvalue weighted by Crippen LogP contribution is -2.31. The van der Waals surface area contributed by atoms with E-state index in [2.05, 4.69) is 6.58 Å². The second-order valence-electron chi connectivity index (χ2n) is 4.68. The second-order valence-corrected chi connectivity index (χ2v) is 4.68. The molecular formula is C12H22O3. The van der Waals surface area contributed by atoms with Crippen molar-refractivity contribution in [1.29, 1.82) is 0 Å². The molecule has 0 aromatic heterocycles. The molecule has 0 radical (unpaired) electrons. The SMILES string of the molecule is C=C(OC1CCCCC1)C(C)(CO)CO. The zero-order valence-electron chi connectivity index (χ0n) is 9.54. The van der Waals surface area contributed by atoms with Crippen molar-refractivity contribution in [2.75, 3.05) is 13.2 Å². The average Bonchev–Trinajstić information content (AvgIpc) is 2.29. The van der Waals surface area contributed by atoms with Gasteiger partial charge in [-0.2, -0.15) is 0 Å². The third kappa shape index (κ3) is 3.21. The van der Waals surface area contributed by atoms with Crippen LogP contribution >= 0.6 is 0 Å². The quantitative estimate of drug-likeness (QED) is 0.687. The summed E-state index contributed by atoms with van der Waals surface area (Å²) in [6.45, 7) is 5.32. The number of ether oxygens (including phenoxy) is 1. The van der Waals surface area contributed by atoms with Gasteiger partial charge in [0, 0.05) is 0 Å². The van der Waals surface area contributed by atoms with Crippen LogP contribution in [0.15, 0.2) is 12.3 Å². The second kappa shape index (κ2) is 5.52. The molecule has 1 aliphatic carbocycles. The molecule has 0 spiro atoms. The summed E-state index contributed by atoms with van der Waals surface area (Å²) in [6, 6.07) is 0. The molecule has 1 aliphatic rings. The molecule has 0 amide bonds. The Labute approximate surface area is 91.8 Å². The Bertz CT molecular complexity index is 203. The van der Waals surface area contributed by atoms with Gasteiger partial charge in [0.15, 0.2) is 0 Å². The number of aliphatic hydroxyl groups is 2. The molecule has 15 heavy (non-hydrogen) atoms. The minimum absolute atomic E-state index is 0.130. The molecular weight excluding hydrogens is 192 g/mol. The van der Waals surface area contributed by atoms with Crippen molar-refractivity contribution in [2.45, 2.75) is 45.1 Å². The number of hydrogen-bond acceptors (Lipinski definition) is 3. The van der Waals surface area contributed by atoms with E-state index >= 15 is 0 Å². The van der Waals surface area contributed by atoms with Gasteiger partial charge in [-0.05, 0) is 32.6 Å². The van der Waals surface area contributed by atoms with E-state index in [9.17, 15) is 10.2 Å². The molecule has 0 bridgehead atoms. The van der Waals surface area contributed by atoms with E-state index < -0.39 is 5.41 Å². The minimum atomic E-state index is -0.711. The molecule has 0 aromatic rings. The van der Waals surface area contributed by atoms with Gasteiger partial charge in [0.1, 0.15) is 0 Å². The van der Waals surface area contributed by atoms with Crippen molar-refractivity contribution < 1.29 is 14.9 Å². The summed E-state index contributed by atoms with van der Waals surface area (Å²) in [4.78, 5) is 0. The molecule has 1 rings (SSSR count). The van der Waals surface area contributed by atoms with Gasteiger partial charge in [0.2, 0.25) is 0 Å². The lowest BCUT2D eigenvalue weighted by molar-refractivity contribution is -0.000445. The van der Waals surface area contributed by atoms with Crippen LogP contribution in [-0.4, -0.2) is 29.5 Å². The zero-order chi connectivity index (χ0) is 11.3.